The Balaban J connectivity index is 1.79. The third-order valence-electron chi connectivity index (χ3n) is 3.92. The first-order valence-electron chi connectivity index (χ1n) is 7.83. The maximum atomic E-state index is 12.6. The fraction of sp³-hybridized carbons (Fsp3) is 0.643. The van der Waals surface area contributed by atoms with Gasteiger partial charge in [-0.1, -0.05) is 5.21 Å². The highest BCUT2D eigenvalue weighted by molar-refractivity contribution is 5.91. The summed E-state index contributed by atoms with van der Waals surface area (Å²) >= 11 is 0. The summed E-state index contributed by atoms with van der Waals surface area (Å²) in [5, 5.41) is 11.8. The minimum Gasteiger partial charge on any atom is -0.328 e. The fourth-order valence-electron chi connectivity index (χ4n) is 2.57. The first-order valence-corrected chi connectivity index (χ1v) is 7.83. The molecule has 0 bridgehead atoms. The number of carbonyl (C=O) groups excluding carboxylic acids is 1. The van der Waals surface area contributed by atoms with Gasteiger partial charge in [0.25, 0.3) is 12.3 Å². The van der Waals surface area contributed by atoms with E-state index in [-0.39, 0.29) is 42.6 Å². The number of halogens is 2. The summed E-state index contributed by atoms with van der Waals surface area (Å²) < 4.78 is 28.6. The molecule has 0 saturated carbocycles. The summed E-state index contributed by atoms with van der Waals surface area (Å²) in [5.41, 5.74) is -0.694. The van der Waals surface area contributed by atoms with Crippen molar-refractivity contribution in [3.8, 4) is 0 Å². The minimum absolute atomic E-state index is 0.0622. The van der Waals surface area contributed by atoms with Gasteiger partial charge in [0.1, 0.15) is 6.54 Å². The van der Waals surface area contributed by atoms with E-state index in [2.05, 4.69) is 15.4 Å². The first-order chi connectivity index (χ1) is 11.7. The quantitative estimate of drug-likeness (QED) is 0.790. The molecule has 1 amide bonds. The molecular formula is C14H19F2N7O2. The van der Waals surface area contributed by atoms with Crippen LogP contribution in [0.1, 0.15) is 37.1 Å². The van der Waals surface area contributed by atoms with Crippen molar-refractivity contribution in [2.45, 2.75) is 52.4 Å². The number of alkyl halides is 2. The first kappa shape index (κ1) is 17.2. The number of nitrogens with zero attached hydrogens (tertiary/aromatic N) is 7. The van der Waals surface area contributed by atoms with Crippen LogP contribution in [0, 0.1) is 0 Å². The van der Waals surface area contributed by atoms with Gasteiger partial charge in [0.2, 0.25) is 0 Å². The van der Waals surface area contributed by atoms with Gasteiger partial charge < -0.3 is 4.90 Å². The maximum Gasteiger partial charge on any atom is 0.346 e. The highest BCUT2D eigenvalue weighted by atomic mass is 19.3. The molecule has 3 rings (SSSR count). The molecule has 0 N–H and O–H groups in total. The molecule has 0 atom stereocenters. The van der Waals surface area contributed by atoms with Crippen molar-refractivity contribution in [1.29, 1.82) is 0 Å². The second-order valence-corrected chi connectivity index (χ2v) is 6.87. The van der Waals surface area contributed by atoms with Crippen LogP contribution in [0.3, 0.4) is 0 Å². The molecule has 1 aliphatic rings. The van der Waals surface area contributed by atoms with Crippen LogP contribution in [-0.4, -0.2) is 53.1 Å². The number of fused-ring (bicyclic) bond motifs is 1. The average molecular weight is 355 g/mol. The van der Waals surface area contributed by atoms with Crippen molar-refractivity contribution in [2.75, 3.05) is 6.54 Å². The summed E-state index contributed by atoms with van der Waals surface area (Å²) in [6.07, 6.45) is -1.10. The molecule has 0 spiro atoms. The van der Waals surface area contributed by atoms with Crippen molar-refractivity contribution < 1.29 is 13.6 Å². The number of carbonyl (C=O) groups is 1. The van der Waals surface area contributed by atoms with Gasteiger partial charge >= 0.3 is 5.69 Å². The highest BCUT2D eigenvalue weighted by Gasteiger charge is 2.28. The van der Waals surface area contributed by atoms with Crippen LogP contribution in [0.15, 0.2) is 11.0 Å². The van der Waals surface area contributed by atoms with Crippen LogP contribution in [-0.2, 0) is 25.2 Å². The third-order valence-corrected chi connectivity index (χ3v) is 3.92. The van der Waals surface area contributed by atoms with E-state index in [1.54, 1.807) is 10.9 Å². The minimum atomic E-state index is -2.67. The topological polar surface area (TPSA) is 90.8 Å². The van der Waals surface area contributed by atoms with E-state index >= 15 is 0 Å². The van der Waals surface area contributed by atoms with Gasteiger partial charge in [-0.15, -0.1) is 5.10 Å². The zero-order valence-corrected chi connectivity index (χ0v) is 14.2. The van der Waals surface area contributed by atoms with E-state index in [1.807, 2.05) is 20.8 Å². The standard InChI is InChI=1S/C14H19F2N7O2/c1-14(2,3)23-6-9(17-19-23)12(24)20-4-5-21-11(8-20)18-22(13(21)25)7-10(15)16/h6,10H,4-5,7-8H2,1-3H3. The molecule has 136 valence electrons. The summed E-state index contributed by atoms with van der Waals surface area (Å²) in [6, 6.07) is 0. The average Bonchev–Trinajstić information content (AvgIpc) is 3.12. The zero-order chi connectivity index (χ0) is 18.4. The van der Waals surface area contributed by atoms with E-state index < -0.39 is 18.7 Å². The molecule has 1 aliphatic heterocycles. The molecule has 2 aromatic rings. The zero-order valence-electron chi connectivity index (χ0n) is 14.2. The monoisotopic (exact) mass is 355 g/mol. The van der Waals surface area contributed by atoms with Gasteiger partial charge in [-0.3, -0.25) is 9.36 Å². The number of hydrogen-bond acceptors (Lipinski definition) is 5. The Morgan fingerprint density at radius 2 is 2.04 bits per heavy atom. The second kappa shape index (κ2) is 6.05. The number of hydrogen-bond donors (Lipinski definition) is 0. The number of aromatic nitrogens is 6. The van der Waals surface area contributed by atoms with Gasteiger partial charge in [-0.2, -0.15) is 5.10 Å². The van der Waals surface area contributed by atoms with Gasteiger partial charge in [-0.05, 0) is 20.8 Å². The van der Waals surface area contributed by atoms with Crippen molar-refractivity contribution in [3.05, 3.63) is 28.2 Å². The summed E-state index contributed by atoms with van der Waals surface area (Å²) in [6.45, 7) is 5.59. The predicted molar refractivity (Wildman–Crippen MR) is 82.2 cm³/mol. The van der Waals surface area contributed by atoms with Crippen LogP contribution < -0.4 is 5.69 Å². The third kappa shape index (κ3) is 3.30. The Hall–Kier alpha value is -2.59. The Morgan fingerprint density at radius 3 is 2.64 bits per heavy atom. The van der Waals surface area contributed by atoms with Crippen molar-refractivity contribution in [3.63, 3.8) is 0 Å². The van der Waals surface area contributed by atoms with E-state index in [9.17, 15) is 18.4 Å². The summed E-state index contributed by atoms with van der Waals surface area (Å²) in [4.78, 5) is 26.1. The molecule has 0 aromatic carbocycles. The summed E-state index contributed by atoms with van der Waals surface area (Å²) in [7, 11) is 0. The molecular weight excluding hydrogens is 336 g/mol. The van der Waals surface area contributed by atoms with Gasteiger partial charge in [0.15, 0.2) is 11.5 Å². The smallest absolute Gasteiger partial charge is 0.328 e. The van der Waals surface area contributed by atoms with E-state index in [1.165, 1.54) is 9.47 Å². The molecule has 0 unspecified atom stereocenters. The Labute approximate surface area is 141 Å². The molecule has 0 fully saturated rings. The van der Waals surface area contributed by atoms with Gasteiger partial charge in [-0.25, -0.2) is 22.9 Å². The van der Waals surface area contributed by atoms with E-state index in [0.717, 1.165) is 4.68 Å². The lowest BCUT2D eigenvalue weighted by molar-refractivity contribution is 0.0700. The van der Waals surface area contributed by atoms with Crippen LogP contribution in [0.2, 0.25) is 0 Å². The lowest BCUT2D eigenvalue weighted by Crippen LogP contribution is -2.41. The largest absolute Gasteiger partial charge is 0.346 e. The molecule has 0 radical (unpaired) electrons. The molecule has 0 saturated heterocycles. The lowest BCUT2D eigenvalue weighted by atomic mass is 10.1. The molecule has 0 aliphatic carbocycles. The van der Waals surface area contributed by atoms with Crippen molar-refractivity contribution in [2.24, 2.45) is 0 Å². The van der Waals surface area contributed by atoms with Crippen molar-refractivity contribution >= 4 is 5.91 Å². The Morgan fingerprint density at radius 1 is 1.32 bits per heavy atom. The van der Waals surface area contributed by atoms with Gasteiger partial charge in [0, 0.05) is 13.1 Å². The van der Waals surface area contributed by atoms with E-state index in [0.29, 0.717) is 0 Å². The van der Waals surface area contributed by atoms with Crippen LogP contribution in [0.25, 0.3) is 0 Å². The number of amides is 1. The van der Waals surface area contributed by atoms with Crippen LogP contribution in [0.4, 0.5) is 8.78 Å². The predicted octanol–water partition coefficient (Wildman–Crippen LogP) is 0.312. The second-order valence-electron chi connectivity index (χ2n) is 6.87. The molecule has 3 heterocycles. The highest BCUT2D eigenvalue weighted by Crippen LogP contribution is 2.15. The number of rotatable bonds is 3. The maximum absolute atomic E-state index is 12.6. The Kier molecular flexibility index (Phi) is 4.17. The van der Waals surface area contributed by atoms with Crippen LogP contribution >= 0.6 is 0 Å². The SMILES string of the molecule is CC(C)(C)n1cc(C(=O)N2CCn3c(nn(CC(F)F)c3=O)C2)nn1. The Bertz CT molecular complexity index is 846. The van der Waals surface area contributed by atoms with Crippen molar-refractivity contribution in [1.82, 2.24) is 34.2 Å². The van der Waals surface area contributed by atoms with Gasteiger partial charge in [0.05, 0.1) is 18.3 Å². The van der Waals surface area contributed by atoms with Crippen LogP contribution in [0.5, 0.6) is 0 Å². The fourth-order valence-corrected chi connectivity index (χ4v) is 2.57. The van der Waals surface area contributed by atoms with E-state index in [4.69, 9.17) is 0 Å². The normalized spacial score (nSPS) is 14.9. The molecule has 9 nitrogen and oxygen atoms in total. The lowest BCUT2D eigenvalue weighted by Gasteiger charge is -2.25. The summed E-state index contributed by atoms with van der Waals surface area (Å²) in [5.74, 6) is -0.0499. The molecule has 25 heavy (non-hydrogen) atoms. The molecule has 11 heteroatoms. The molecule has 2 aromatic heterocycles.